The highest BCUT2D eigenvalue weighted by molar-refractivity contribution is 5.82. The highest BCUT2D eigenvalue weighted by Gasteiger charge is 2.01. The van der Waals surface area contributed by atoms with Crippen LogP contribution in [0.1, 0.15) is 11.3 Å². The fourth-order valence-electron chi connectivity index (χ4n) is 1.49. The molecule has 0 saturated heterocycles. The fourth-order valence-corrected chi connectivity index (χ4v) is 1.49. The van der Waals surface area contributed by atoms with Crippen molar-refractivity contribution in [2.75, 3.05) is 5.73 Å². The van der Waals surface area contributed by atoms with Crippen molar-refractivity contribution in [3.63, 3.8) is 0 Å². The molecule has 0 amide bonds. The van der Waals surface area contributed by atoms with Crippen LogP contribution < -0.4 is 5.73 Å². The van der Waals surface area contributed by atoms with Gasteiger partial charge in [0.25, 0.3) is 0 Å². The third kappa shape index (κ3) is 3.17. The Morgan fingerprint density at radius 3 is 2.89 bits per heavy atom. The zero-order valence-corrected chi connectivity index (χ0v) is 10.2. The zero-order valence-electron chi connectivity index (χ0n) is 10.2. The van der Waals surface area contributed by atoms with Crippen molar-refractivity contribution in [2.45, 2.75) is 0 Å². The van der Waals surface area contributed by atoms with Gasteiger partial charge in [0, 0.05) is 11.8 Å². The van der Waals surface area contributed by atoms with Crippen LogP contribution in [0.5, 0.6) is 0 Å². The number of nitrogen functional groups attached to an aromatic ring is 1. The molecule has 0 aliphatic rings. The Bertz CT molecular complexity index is 624. The maximum Gasteiger partial charge on any atom is 0.165 e. The normalized spacial score (nSPS) is 10.6. The SMILES string of the molecule is C=C(OO)c1ccnc(C=Nc2ccccc2N)c1. The molecule has 3 N–H and O–H groups in total. The molecule has 19 heavy (non-hydrogen) atoms. The van der Waals surface area contributed by atoms with Gasteiger partial charge in [-0.2, -0.15) is 0 Å². The third-order valence-electron chi connectivity index (χ3n) is 2.49. The molecule has 0 atom stereocenters. The van der Waals surface area contributed by atoms with E-state index in [-0.39, 0.29) is 5.76 Å². The van der Waals surface area contributed by atoms with Crippen LogP contribution >= 0.6 is 0 Å². The molecular weight excluding hydrogens is 242 g/mol. The summed E-state index contributed by atoms with van der Waals surface area (Å²) in [6, 6.07) is 10.7. The fraction of sp³-hybridized carbons (Fsp3) is 0. The predicted octanol–water partition coefficient (Wildman–Crippen LogP) is 2.87. The molecule has 96 valence electrons. The van der Waals surface area contributed by atoms with Gasteiger partial charge in [-0.1, -0.05) is 18.7 Å². The van der Waals surface area contributed by atoms with Crippen LogP contribution in [0.4, 0.5) is 11.4 Å². The summed E-state index contributed by atoms with van der Waals surface area (Å²) < 4.78 is 0. The van der Waals surface area contributed by atoms with Crippen LogP contribution in [0, 0.1) is 0 Å². The van der Waals surface area contributed by atoms with Crippen molar-refractivity contribution in [1.29, 1.82) is 0 Å². The number of nitrogens with two attached hydrogens (primary N) is 1. The molecule has 0 aliphatic heterocycles. The lowest BCUT2D eigenvalue weighted by molar-refractivity contribution is -0.169. The second-order valence-electron chi connectivity index (χ2n) is 3.80. The lowest BCUT2D eigenvalue weighted by Gasteiger charge is -2.02. The minimum atomic E-state index is 0.149. The van der Waals surface area contributed by atoms with E-state index in [0.717, 1.165) is 0 Å². The van der Waals surface area contributed by atoms with Crippen LogP contribution in [0.25, 0.3) is 5.76 Å². The standard InChI is InChI=1S/C14H13N3O2/c1-10(19-18)11-6-7-16-12(8-11)9-17-14-5-3-2-4-13(14)15/h2-9,18H,1,15H2. The molecule has 1 heterocycles. The van der Waals surface area contributed by atoms with Crippen molar-refractivity contribution in [2.24, 2.45) is 4.99 Å². The summed E-state index contributed by atoms with van der Waals surface area (Å²) in [7, 11) is 0. The number of hydrogen-bond donors (Lipinski definition) is 2. The number of nitrogens with zero attached hydrogens (tertiary/aromatic N) is 2. The van der Waals surface area contributed by atoms with Crippen LogP contribution in [-0.2, 0) is 4.89 Å². The molecular formula is C14H13N3O2. The quantitative estimate of drug-likeness (QED) is 0.289. The monoisotopic (exact) mass is 255 g/mol. The smallest absolute Gasteiger partial charge is 0.165 e. The summed E-state index contributed by atoms with van der Waals surface area (Å²) in [5.41, 5.74) is 8.29. The van der Waals surface area contributed by atoms with E-state index in [9.17, 15) is 0 Å². The van der Waals surface area contributed by atoms with Gasteiger partial charge in [-0.15, -0.1) is 0 Å². The van der Waals surface area contributed by atoms with E-state index in [1.807, 2.05) is 18.2 Å². The van der Waals surface area contributed by atoms with Crippen LogP contribution in [-0.4, -0.2) is 16.5 Å². The van der Waals surface area contributed by atoms with Gasteiger partial charge < -0.3 is 10.6 Å². The third-order valence-corrected chi connectivity index (χ3v) is 2.49. The molecule has 1 aromatic heterocycles. The number of anilines is 1. The van der Waals surface area contributed by atoms with Crippen LogP contribution in [0.3, 0.4) is 0 Å². The number of hydrogen-bond acceptors (Lipinski definition) is 5. The Balaban J connectivity index is 2.24. The highest BCUT2D eigenvalue weighted by Crippen LogP contribution is 2.20. The van der Waals surface area contributed by atoms with Gasteiger partial charge in [0.1, 0.15) is 0 Å². The molecule has 5 heteroatoms. The van der Waals surface area contributed by atoms with Crippen LogP contribution in [0.15, 0.2) is 54.2 Å². The number of aromatic nitrogens is 1. The maximum atomic E-state index is 8.55. The Hall–Kier alpha value is -2.66. The van der Waals surface area contributed by atoms with Gasteiger partial charge in [-0.05, 0) is 24.3 Å². The van der Waals surface area contributed by atoms with Gasteiger partial charge in [0.15, 0.2) is 5.76 Å². The molecule has 0 spiro atoms. The Morgan fingerprint density at radius 1 is 1.37 bits per heavy atom. The number of rotatable bonds is 4. The van der Waals surface area contributed by atoms with E-state index >= 15 is 0 Å². The van der Waals surface area contributed by atoms with Gasteiger partial charge in [-0.3, -0.25) is 9.98 Å². The van der Waals surface area contributed by atoms with Crippen molar-refractivity contribution in [3.05, 3.63) is 60.4 Å². The molecule has 0 fully saturated rings. The summed E-state index contributed by atoms with van der Waals surface area (Å²) in [6.45, 7) is 3.55. The number of pyridine rings is 1. The largest absolute Gasteiger partial charge is 0.397 e. The highest BCUT2D eigenvalue weighted by atomic mass is 17.1. The van der Waals surface area contributed by atoms with Gasteiger partial charge >= 0.3 is 0 Å². The first kappa shape index (κ1) is 12.8. The maximum absolute atomic E-state index is 8.55. The summed E-state index contributed by atoms with van der Waals surface area (Å²) in [5, 5.41) is 8.55. The minimum absolute atomic E-state index is 0.149. The van der Waals surface area contributed by atoms with Gasteiger partial charge in [0.2, 0.25) is 0 Å². The van der Waals surface area contributed by atoms with E-state index in [4.69, 9.17) is 11.0 Å². The lowest BCUT2D eigenvalue weighted by Crippen LogP contribution is -1.92. The average Bonchev–Trinajstić information content (AvgIpc) is 2.46. The van der Waals surface area contributed by atoms with Gasteiger partial charge in [-0.25, -0.2) is 5.26 Å². The lowest BCUT2D eigenvalue weighted by atomic mass is 10.2. The second kappa shape index (κ2) is 5.79. The number of aliphatic imine (C=N–C) groups is 1. The first-order valence-corrected chi connectivity index (χ1v) is 5.56. The van der Waals surface area contributed by atoms with E-state index < -0.39 is 0 Å². The summed E-state index contributed by atoms with van der Waals surface area (Å²) in [5.74, 6) is 0.149. The molecule has 0 aliphatic carbocycles. The first-order valence-electron chi connectivity index (χ1n) is 5.56. The molecule has 0 saturated carbocycles. The van der Waals surface area contributed by atoms with Crippen molar-refractivity contribution in [1.82, 2.24) is 4.98 Å². The van der Waals surface area contributed by atoms with E-state index in [0.29, 0.717) is 22.6 Å². The zero-order chi connectivity index (χ0) is 13.7. The molecule has 0 unspecified atom stereocenters. The summed E-state index contributed by atoms with van der Waals surface area (Å²) in [6.07, 6.45) is 3.16. The Morgan fingerprint density at radius 2 is 2.16 bits per heavy atom. The molecule has 1 aromatic carbocycles. The molecule has 2 aromatic rings. The van der Waals surface area contributed by atoms with Crippen molar-refractivity contribution >= 4 is 23.3 Å². The minimum Gasteiger partial charge on any atom is -0.397 e. The van der Waals surface area contributed by atoms with E-state index in [1.165, 1.54) is 0 Å². The molecule has 0 bridgehead atoms. The first-order chi connectivity index (χ1) is 9.20. The molecule has 5 nitrogen and oxygen atoms in total. The number of benzene rings is 1. The van der Waals surface area contributed by atoms with Gasteiger partial charge in [0.05, 0.1) is 23.3 Å². The Kier molecular flexibility index (Phi) is 3.90. The van der Waals surface area contributed by atoms with E-state index in [2.05, 4.69) is 21.4 Å². The van der Waals surface area contributed by atoms with Crippen molar-refractivity contribution < 1.29 is 10.1 Å². The Labute approximate surface area is 110 Å². The topological polar surface area (TPSA) is 80.7 Å². The summed E-state index contributed by atoms with van der Waals surface area (Å²) in [4.78, 5) is 12.5. The van der Waals surface area contributed by atoms with Crippen LogP contribution in [0.2, 0.25) is 0 Å². The predicted molar refractivity (Wildman–Crippen MR) is 75.1 cm³/mol. The average molecular weight is 255 g/mol. The summed E-state index contributed by atoms with van der Waals surface area (Å²) >= 11 is 0. The molecule has 2 rings (SSSR count). The second-order valence-corrected chi connectivity index (χ2v) is 3.80. The number of para-hydroxylation sites is 2. The molecule has 0 radical (unpaired) electrons. The van der Waals surface area contributed by atoms with E-state index in [1.54, 1.807) is 30.6 Å². The van der Waals surface area contributed by atoms with Crippen molar-refractivity contribution in [3.8, 4) is 0 Å².